The molecule has 2 aromatic rings. The molecule has 3 N–H and O–H groups in total. The van der Waals surface area contributed by atoms with Crippen LogP contribution >= 0.6 is 11.3 Å². The molecule has 5 heteroatoms. The maximum absolute atomic E-state index is 11.5. The van der Waals surface area contributed by atoms with Gasteiger partial charge in [0, 0.05) is 24.3 Å². The highest BCUT2D eigenvalue weighted by molar-refractivity contribution is 7.15. The van der Waals surface area contributed by atoms with Crippen molar-refractivity contribution >= 4 is 22.4 Å². The standard InChI is InChI=1S/C15H19N3OS/c1-10-3-5-12(6-4-10)9-13-11(2)17-15(20-13)18-14(19)7-8-16/h3-6H,7-9,16H2,1-2H3,(H,17,18,19). The minimum Gasteiger partial charge on any atom is -0.330 e. The fourth-order valence-corrected chi connectivity index (χ4v) is 2.86. The maximum atomic E-state index is 11.5. The number of thiazole rings is 1. The number of nitrogens with one attached hydrogen (secondary N) is 1. The molecule has 0 fully saturated rings. The number of benzene rings is 1. The highest BCUT2D eigenvalue weighted by Crippen LogP contribution is 2.25. The Morgan fingerprint density at radius 3 is 2.65 bits per heavy atom. The van der Waals surface area contributed by atoms with Gasteiger partial charge in [-0.2, -0.15) is 0 Å². The second-order valence-electron chi connectivity index (χ2n) is 4.78. The molecule has 0 spiro atoms. The number of amides is 1. The summed E-state index contributed by atoms with van der Waals surface area (Å²) in [6, 6.07) is 8.47. The van der Waals surface area contributed by atoms with Gasteiger partial charge in [0.1, 0.15) is 0 Å². The Kier molecular flexibility index (Phi) is 4.87. The molecule has 0 saturated carbocycles. The minimum atomic E-state index is -0.0804. The molecule has 0 atom stereocenters. The smallest absolute Gasteiger partial charge is 0.227 e. The summed E-state index contributed by atoms with van der Waals surface area (Å²) in [4.78, 5) is 17.1. The van der Waals surface area contributed by atoms with Crippen LogP contribution in [0.15, 0.2) is 24.3 Å². The third-order valence-electron chi connectivity index (χ3n) is 3.00. The summed E-state index contributed by atoms with van der Waals surface area (Å²) in [6.07, 6.45) is 1.17. The second-order valence-corrected chi connectivity index (χ2v) is 5.86. The van der Waals surface area contributed by atoms with E-state index in [1.807, 2.05) is 6.92 Å². The molecule has 0 unspecified atom stereocenters. The molecule has 1 amide bonds. The van der Waals surface area contributed by atoms with E-state index in [4.69, 9.17) is 5.73 Å². The van der Waals surface area contributed by atoms with Gasteiger partial charge < -0.3 is 11.1 Å². The van der Waals surface area contributed by atoms with Crippen LogP contribution in [0.3, 0.4) is 0 Å². The van der Waals surface area contributed by atoms with E-state index < -0.39 is 0 Å². The normalized spacial score (nSPS) is 10.6. The first-order valence-corrected chi connectivity index (χ1v) is 7.42. The van der Waals surface area contributed by atoms with Crippen LogP contribution < -0.4 is 11.1 Å². The van der Waals surface area contributed by atoms with Gasteiger partial charge in [0.2, 0.25) is 5.91 Å². The van der Waals surface area contributed by atoms with E-state index in [-0.39, 0.29) is 5.91 Å². The van der Waals surface area contributed by atoms with Gasteiger partial charge in [0.25, 0.3) is 0 Å². The van der Waals surface area contributed by atoms with E-state index in [0.717, 1.165) is 12.1 Å². The Morgan fingerprint density at radius 1 is 1.30 bits per heavy atom. The third kappa shape index (κ3) is 3.88. The minimum absolute atomic E-state index is 0.0804. The van der Waals surface area contributed by atoms with E-state index in [1.54, 1.807) is 0 Å². The van der Waals surface area contributed by atoms with E-state index in [9.17, 15) is 4.79 Å². The first-order chi connectivity index (χ1) is 9.58. The largest absolute Gasteiger partial charge is 0.330 e. The summed E-state index contributed by atoms with van der Waals surface area (Å²) in [5, 5.41) is 3.44. The summed E-state index contributed by atoms with van der Waals surface area (Å²) in [7, 11) is 0. The molecular formula is C15H19N3OS. The highest BCUT2D eigenvalue weighted by atomic mass is 32.1. The summed E-state index contributed by atoms with van der Waals surface area (Å²) >= 11 is 1.53. The summed E-state index contributed by atoms with van der Waals surface area (Å²) in [5.41, 5.74) is 8.83. The summed E-state index contributed by atoms with van der Waals surface area (Å²) < 4.78 is 0. The lowest BCUT2D eigenvalue weighted by Crippen LogP contribution is -2.15. The first kappa shape index (κ1) is 14.7. The number of hydrogen-bond donors (Lipinski definition) is 2. The number of aryl methyl sites for hydroxylation is 2. The molecule has 0 aliphatic carbocycles. The number of nitrogens with two attached hydrogens (primary N) is 1. The van der Waals surface area contributed by atoms with Crippen molar-refractivity contribution in [2.75, 3.05) is 11.9 Å². The van der Waals surface area contributed by atoms with Crippen molar-refractivity contribution in [1.82, 2.24) is 4.98 Å². The van der Waals surface area contributed by atoms with E-state index in [1.165, 1.54) is 27.3 Å². The lowest BCUT2D eigenvalue weighted by Gasteiger charge is -2.00. The number of rotatable bonds is 5. The van der Waals surface area contributed by atoms with Crippen LogP contribution in [-0.2, 0) is 11.2 Å². The van der Waals surface area contributed by atoms with Gasteiger partial charge in [-0.3, -0.25) is 4.79 Å². The number of carbonyl (C=O) groups excluding carboxylic acids is 1. The molecule has 0 aliphatic rings. The maximum Gasteiger partial charge on any atom is 0.227 e. The molecule has 0 aliphatic heterocycles. The molecule has 20 heavy (non-hydrogen) atoms. The summed E-state index contributed by atoms with van der Waals surface area (Å²) in [5.74, 6) is -0.0804. The fourth-order valence-electron chi connectivity index (χ4n) is 1.85. The molecule has 2 rings (SSSR count). The molecular weight excluding hydrogens is 270 g/mol. The van der Waals surface area contributed by atoms with Gasteiger partial charge in [-0.25, -0.2) is 4.98 Å². The van der Waals surface area contributed by atoms with Crippen LogP contribution in [0.1, 0.15) is 28.1 Å². The molecule has 1 aromatic heterocycles. The van der Waals surface area contributed by atoms with Gasteiger partial charge in [-0.15, -0.1) is 11.3 Å². The van der Waals surface area contributed by atoms with Gasteiger partial charge in [-0.05, 0) is 19.4 Å². The topological polar surface area (TPSA) is 68.0 Å². The van der Waals surface area contributed by atoms with E-state index >= 15 is 0 Å². The van der Waals surface area contributed by atoms with Crippen molar-refractivity contribution in [3.05, 3.63) is 46.0 Å². The van der Waals surface area contributed by atoms with Crippen molar-refractivity contribution in [2.24, 2.45) is 5.73 Å². The average Bonchev–Trinajstić information content (AvgIpc) is 2.72. The van der Waals surface area contributed by atoms with E-state index in [2.05, 4.69) is 41.5 Å². The average molecular weight is 289 g/mol. The van der Waals surface area contributed by atoms with Crippen LogP contribution in [0.4, 0.5) is 5.13 Å². The molecule has 0 bridgehead atoms. The number of nitrogens with zero attached hydrogens (tertiary/aromatic N) is 1. The van der Waals surface area contributed by atoms with Crippen LogP contribution in [0.25, 0.3) is 0 Å². The number of hydrogen-bond acceptors (Lipinski definition) is 4. The van der Waals surface area contributed by atoms with Gasteiger partial charge in [0.05, 0.1) is 5.69 Å². The van der Waals surface area contributed by atoms with Gasteiger partial charge in [0.15, 0.2) is 5.13 Å². The monoisotopic (exact) mass is 289 g/mol. The van der Waals surface area contributed by atoms with Crippen molar-refractivity contribution < 1.29 is 4.79 Å². The number of carbonyl (C=O) groups is 1. The zero-order valence-corrected chi connectivity index (χ0v) is 12.6. The molecule has 1 aromatic carbocycles. The van der Waals surface area contributed by atoms with Crippen molar-refractivity contribution in [2.45, 2.75) is 26.7 Å². The lowest BCUT2D eigenvalue weighted by molar-refractivity contribution is -0.116. The lowest BCUT2D eigenvalue weighted by atomic mass is 10.1. The molecule has 106 valence electrons. The van der Waals surface area contributed by atoms with Gasteiger partial charge >= 0.3 is 0 Å². The Hall–Kier alpha value is -1.72. The zero-order chi connectivity index (χ0) is 14.5. The second kappa shape index (κ2) is 6.63. The predicted molar refractivity (Wildman–Crippen MR) is 83.1 cm³/mol. The molecule has 1 heterocycles. The third-order valence-corrected chi connectivity index (χ3v) is 4.07. The Morgan fingerprint density at radius 2 is 2.00 bits per heavy atom. The van der Waals surface area contributed by atoms with Crippen molar-refractivity contribution in [3.8, 4) is 0 Å². The zero-order valence-electron chi connectivity index (χ0n) is 11.8. The Labute approximate surface area is 123 Å². The molecule has 4 nitrogen and oxygen atoms in total. The predicted octanol–water partition coefficient (Wildman–Crippen LogP) is 2.64. The van der Waals surface area contributed by atoms with Crippen molar-refractivity contribution in [3.63, 3.8) is 0 Å². The highest BCUT2D eigenvalue weighted by Gasteiger charge is 2.10. The molecule has 0 saturated heterocycles. The quantitative estimate of drug-likeness (QED) is 0.889. The summed E-state index contributed by atoms with van der Waals surface area (Å²) in [6.45, 7) is 4.40. The number of aromatic nitrogens is 1. The van der Waals surface area contributed by atoms with Crippen molar-refractivity contribution in [1.29, 1.82) is 0 Å². The molecule has 0 radical (unpaired) electrons. The fraction of sp³-hybridized carbons (Fsp3) is 0.333. The Bertz CT molecular complexity index is 590. The number of anilines is 1. The van der Waals surface area contributed by atoms with Crippen LogP contribution in [0, 0.1) is 13.8 Å². The van der Waals surface area contributed by atoms with Crippen LogP contribution in [0.2, 0.25) is 0 Å². The SMILES string of the molecule is Cc1ccc(Cc2sc(NC(=O)CCN)nc2C)cc1. The first-order valence-electron chi connectivity index (χ1n) is 6.60. The van der Waals surface area contributed by atoms with Crippen LogP contribution in [-0.4, -0.2) is 17.4 Å². The Balaban J connectivity index is 2.07. The van der Waals surface area contributed by atoms with E-state index in [0.29, 0.717) is 18.1 Å². The van der Waals surface area contributed by atoms with Crippen LogP contribution in [0.5, 0.6) is 0 Å². The van der Waals surface area contributed by atoms with Gasteiger partial charge in [-0.1, -0.05) is 29.8 Å².